The molecule has 0 saturated carbocycles. The van der Waals surface area contributed by atoms with Crippen molar-refractivity contribution in [1.29, 1.82) is 0 Å². The van der Waals surface area contributed by atoms with E-state index in [1.165, 1.54) is 24.5 Å². The quantitative estimate of drug-likeness (QED) is 0.447. The van der Waals surface area contributed by atoms with Crippen molar-refractivity contribution >= 4 is 27.0 Å². The summed E-state index contributed by atoms with van der Waals surface area (Å²) in [5.41, 5.74) is 3.63. The number of carbonyl (C=O) groups excluding carboxylic acids is 1. The van der Waals surface area contributed by atoms with E-state index in [9.17, 15) is 17.6 Å². The van der Waals surface area contributed by atoms with Crippen LogP contribution in [-0.2, 0) is 21.3 Å². The van der Waals surface area contributed by atoms with Gasteiger partial charge in [0.2, 0.25) is 10.0 Å². The summed E-state index contributed by atoms with van der Waals surface area (Å²) < 4.78 is 48.6. The fraction of sp³-hybridized carbons (Fsp3) is 0.370. The Morgan fingerprint density at radius 1 is 1.14 bits per heavy atom. The highest BCUT2D eigenvalue weighted by Crippen LogP contribution is 2.36. The van der Waals surface area contributed by atoms with Crippen LogP contribution < -0.4 is 5.32 Å². The Balaban J connectivity index is 1.98. The molecule has 1 amide bonds. The molecule has 0 spiro atoms. The first-order valence-corrected chi connectivity index (χ1v) is 13.1. The number of nitrogens with one attached hydrogen (secondary N) is 1. The van der Waals surface area contributed by atoms with Crippen molar-refractivity contribution in [3.8, 4) is 11.1 Å². The largest absolute Gasteiger partial charge is 0.444 e. The summed E-state index contributed by atoms with van der Waals surface area (Å²) in [5.74, 6) is -0.415. The molecule has 1 aromatic heterocycles. The number of carbonyl (C=O) groups is 1. The topological polar surface area (TPSA) is 80.6 Å². The Kier molecular flexibility index (Phi) is 7.95. The van der Waals surface area contributed by atoms with E-state index in [2.05, 4.69) is 5.32 Å². The van der Waals surface area contributed by atoms with Gasteiger partial charge < -0.3 is 14.6 Å². The number of nitrogens with zero attached hydrogens (tertiary/aromatic N) is 2. The molecule has 1 N–H and O–H groups in total. The minimum atomic E-state index is -3.61. The zero-order chi connectivity index (χ0) is 26.8. The van der Waals surface area contributed by atoms with Crippen LogP contribution in [0, 0.1) is 13.8 Å². The first kappa shape index (κ1) is 27.4. The van der Waals surface area contributed by atoms with E-state index in [0.717, 1.165) is 33.3 Å². The van der Waals surface area contributed by atoms with Crippen molar-refractivity contribution < 1.29 is 22.3 Å². The van der Waals surface area contributed by atoms with Crippen LogP contribution in [0.4, 0.5) is 9.18 Å². The van der Waals surface area contributed by atoms with Crippen molar-refractivity contribution in [3.05, 3.63) is 65.6 Å². The molecule has 36 heavy (non-hydrogen) atoms. The van der Waals surface area contributed by atoms with Gasteiger partial charge in [0.05, 0.1) is 11.4 Å². The summed E-state index contributed by atoms with van der Waals surface area (Å²) in [4.78, 5) is 12.0. The number of halogens is 1. The third-order valence-electron chi connectivity index (χ3n) is 5.66. The second-order valence-electron chi connectivity index (χ2n) is 9.92. The fourth-order valence-corrected chi connectivity index (χ4v) is 4.91. The molecule has 7 nitrogen and oxygen atoms in total. The van der Waals surface area contributed by atoms with E-state index in [0.29, 0.717) is 0 Å². The molecule has 3 aromatic rings. The van der Waals surface area contributed by atoms with Gasteiger partial charge in [-0.3, -0.25) is 0 Å². The van der Waals surface area contributed by atoms with Gasteiger partial charge in [-0.1, -0.05) is 23.8 Å². The van der Waals surface area contributed by atoms with Gasteiger partial charge in [-0.15, -0.1) is 0 Å². The van der Waals surface area contributed by atoms with Gasteiger partial charge in [-0.05, 0) is 70.5 Å². The maximum Gasteiger partial charge on any atom is 0.407 e. The Bertz CT molecular complexity index is 1420. The molecule has 3 rings (SSSR count). The molecule has 0 saturated heterocycles. The molecule has 0 aliphatic rings. The minimum Gasteiger partial charge on any atom is -0.444 e. The van der Waals surface area contributed by atoms with Crippen molar-refractivity contribution in [3.63, 3.8) is 0 Å². The molecule has 0 fully saturated rings. The number of sulfonamides is 1. The molecule has 0 unspecified atom stereocenters. The summed E-state index contributed by atoms with van der Waals surface area (Å²) in [7, 11) is -0.619. The number of aromatic nitrogens is 1. The van der Waals surface area contributed by atoms with Gasteiger partial charge in [0, 0.05) is 42.8 Å². The van der Waals surface area contributed by atoms with Gasteiger partial charge in [0.15, 0.2) is 0 Å². The monoisotopic (exact) mass is 515 g/mol. The highest BCUT2D eigenvalue weighted by molar-refractivity contribution is 7.89. The zero-order valence-electron chi connectivity index (χ0n) is 21.8. The van der Waals surface area contributed by atoms with Gasteiger partial charge in [-0.2, -0.15) is 0 Å². The van der Waals surface area contributed by atoms with Gasteiger partial charge >= 0.3 is 6.09 Å². The number of hydrogen-bond donors (Lipinski definition) is 1. The fourth-order valence-electron chi connectivity index (χ4n) is 3.96. The van der Waals surface area contributed by atoms with E-state index < -0.39 is 27.5 Å². The predicted molar refractivity (Wildman–Crippen MR) is 141 cm³/mol. The van der Waals surface area contributed by atoms with Crippen LogP contribution in [0.2, 0.25) is 0 Å². The number of benzene rings is 2. The molecule has 194 valence electrons. The Hall–Kier alpha value is -3.17. The van der Waals surface area contributed by atoms with Gasteiger partial charge in [-0.25, -0.2) is 21.9 Å². The summed E-state index contributed by atoms with van der Waals surface area (Å²) >= 11 is 0. The van der Waals surface area contributed by atoms with Crippen LogP contribution >= 0.6 is 0 Å². The number of rotatable bonds is 7. The lowest BCUT2D eigenvalue weighted by Crippen LogP contribution is -2.32. The summed E-state index contributed by atoms with van der Waals surface area (Å²) in [6.07, 6.45) is 0.701. The minimum absolute atomic E-state index is 0.00456. The number of amides is 1. The van der Waals surface area contributed by atoms with Gasteiger partial charge in [0.1, 0.15) is 11.4 Å². The van der Waals surface area contributed by atoms with Crippen LogP contribution in [0.25, 0.3) is 22.0 Å². The molecule has 0 atom stereocenters. The van der Waals surface area contributed by atoms with Crippen molar-refractivity contribution in [2.24, 2.45) is 0 Å². The van der Waals surface area contributed by atoms with Crippen LogP contribution in [0.3, 0.4) is 0 Å². The Labute approximate surface area is 212 Å². The second-order valence-corrected chi connectivity index (χ2v) is 12.1. The SMILES string of the molecule is Cc1ccc2c(c1)c(-c1cccc(S(=O)(=O)N(C)C)c1)c(C)n2C/C(F)=C/CNC(=O)OC(C)(C)C. The van der Waals surface area contributed by atoms with Crippen molar-refractivity contribution in [2.75, 3.05) is 20.6 Å². The zero-order valence-corrected chi connectivity index (χ0v) is 22.7. The smallest absolute Gasteiger partial charge is 0.407 e. The normalized spacial score (nSPS) is 12.9. The van der Waals surface area contributed by atoms with Crippen LogP contribution in [-0.4, -0.2) is 49.6 Å². The molecule has 0 aliphatic carbocycles. The first-order chi connectivity index (χ1) is 16.7. The number of fused-ring (bicyclic) bond motifs is 1. The highest BCUT2D eigenvalue weighted by Gasteiger charge is 2.21. The van der Waals surface area contributed by atoms with Crippen LogP contribution in [0.1, 0.15) is 32.0 Å². The Morgan fingerprint density at radius 2 is 1.83 bits per heavy atom. The number of hydrogen-bond acceptors (Lipinski definition) is 4. The average molecular weight is 516 g/mol. The molecular weight excluding hydrogens is 481 g/mol. The summed E-state index contributed by atoms with van der Waals surface area (Å²) in [6.45, 7) is 9.11. The molecule has 0 bridgehead atoms. The molecular formula is C27H34FN3O4S. The molecule has 0 radical (unpaired) electrons. The maximum atomic E-state index is 14.9. The first-order valence-electron chi connectivity index (χ1n) is 11.6. The summed E-state index contributed by atoms with van der Waals surface area (Å²) in [5, 5.41) is 3.44. The lowest BCUT2D eigenvalue weighted by molar-refractivity contribution is 0.0534. The molecule has 9 heteroatoms. The number of aryl methyl sites for hydroxylation is 1. The Morgan fingerprint density at radius 3 is 2.47 bits per heavy atom. The highest BCUT2D eigenvalue weighted by atomic mass is 32.2. The predicted octanol–water partition coefficient (Wildman–Crippen LogP) is 5.55. The van der Waals surface area contributed by atoms with Crippen molar-refractivity contribution in [2.45, 2.75) is 51.7 Å². The van der Waals surface area contributed by atoms with E-state index >= 15 is 0 Å². The third-order valence-corrected chi connectivity index (χ3v) is 7.47. The second kappa shape index (κ2) is 10.4. The number of alkyl carbamates (subject to hydrolysis) is 1. The standard InChI is InChI=1S/C27H34FN3O4S/c1-18-11-12-24-23(15-18)25(20-9-8-10-22(16-20)36(33,34)30(6)7)19(2)31(24)17-21(28)13-14-29-26(32)35-27(3,4)5/h8-13,15-16H,14,17H2,1-7H3,(H,29,32)/b21-13-. The molecule has 2 aromatic carbocycles. The lowest BCUT2D eigenvalue weighted by Gasteiger charge is -2.19. The molecule has 1 heterocycles. The summed E-state index contributed by atoms with van der Waals surface area (Å²) in [6, 6.07) is 12.7. The lowest BCUT2D eigenvalue weighted by atomic mass is 10.0. The van der Waals surface area contributed by atoms with E-state index in [-0.39, 0.29) is 18.0 Å². The van der Waals surface area contributed by atoms with E-state index in [1.807, 2.05) is 42.7 Å². The van der Waals surface area contributed by atoms with E-state index in [4.69, 9.17) is 4.74 Å². The van der Waals surface area contributed by atoms with E-state index in [1.54, 1.807) is 39.0 Å². The average Bonchev–Trinajstić information content (AvgIpc) is 3.02. The van der Waals surface area contributed by atoms with Crippen LogP contribution in [0.15, 0.2) is 59.3 Å². The number of ether oxygens (including phenoxy) is 1. The van der Waals surface area contributed by atoms with Crippen molar-refractivity contribution in [1.82, 2.24) is 14.2 Å². The molecule has 0 aliphatic heterocycles. The number of allylic oxidation sites excluding steroid dienone is 1. The maximum absolute atomic E-state index is 14.9. The van der Waals surface area contributed by atoms with Gasteiger partial charge in [0.25, 0.3) is 0 Å². The van der Waals surface area contributed by atoms with Crippen LogP contribution in [0.5, 0.6) is 0 Å². The third kappa shape index (κ3) is 6.14.